The van der Waals surface area contributed by atoms with E-state index in [1.807, 2.05) is 24.3 Å². The summed E-state index contributed by atoms with van der Waals surface area (Å²) in [5.74, 6) is 0.271. The van der Waals surface area contributed by atoms with E-state index in [0.717, 1.165) is 37.2 Å². The largest absolute Gasteiger partial charge is 0.503 e. The molecule has 0 aliphatic carbocycles. The Kier molecular flexibility index (Phi) is 6.19. The summed E-state index contributed by atoms with van der Waals surface area (Å²) in [6.07, 6.45) is 4.54. The van der Waals surface area contributed by atoms with Crippen LogP contribution in [-0.4, -0.2) is 42.3 Å². The molecule has 2 N–H and O–H groups in total. The fourth-order valence-electron chi connectivity index (χ4n) is 3.07. The molecule has 27 heavy (non-hydrogen) atoms. The highest BCUT2D eigenvalue weighted by Crippen LogP contribution is 2.35. The summed E-state index contributed by atoms with van der Waals surface area (Å²) >= 11 is 3.27. The van der Waals surface area contributed by atoms with Gasteiger partial charge in [0.2, 0.25) is 0 Å². The summed E-state index contributed by atoms with van der Waals surface area (Å²) in [6.45, 7) is 1.65. The first kappa shape index (κ1) is 19.5. The lowest BCUT2D eigenvalue weighted by atomic mass is 10.1. The summed E-state index contributed by atoms with van der Waals surface area (Å²) < 4.78 is 5.62. The van der Waals surface area contributed by atoms with Crippen LogP contribution in [0.5, 0.6) is 11.5 Å². The molecule has 1 aliphatic heterocycles. The molecule has 1 aliphatic rings. The maximum Gasteiger partial charge on any atom is 0.185 e. The third-order valence-electron chi connectivity index (χ3n) is 4.68. The Balaban J connectivity index is 1.69. The second-order valence-corrected chi connectivity index (χ2v) is 7.37. The van der Waals surface area contributed by atoms with Crippen LogP contribution in [0.1, 0.15) is 28.8 Å². The van der Waals surface area contributed by atoms with Gasteiger partial charge in [0.15, 0.2) is 17.3 Å². The smallest absolute Gasteiger partial charge is 0.185 e. The zero-order valence-electron chi connectivity index (χ0n) is 15.1. The number of phenolic OH excluding ortho intramolecular Hbond substituents is 1. The van der Waals surface area contributed by atoms with Crippen LogP contribution in [0.2, 0.25) is 0 Å². The fourth-order valence-corrected chi connectivity index (χ4v) is 3.53. The first-order valence-electron chi connectivity index (χ1n) is 8.80. The van der Waals surface area contributed by atoms with Crippen LogP contribution < -0.4 is 9.64 Å². The number of piperidine rings is 1. The Morgan fingerprint density at radius 3 is 2.52 bits per heavy atom. The number of methoxy groups -OCH3 is 1. The fraction of sp³-hybridized carbons (Fsp3) is 0.286. The van der Waals surface area contributed by atoms with Crippen molar-refractivity contribution < 1.29 is 19.7 Å². The normalized spacial score (nSPS) is 15.3. The number of allylic oxidation sites excluding steroid dienone is 1. The van der Waals surface area contributed by atoms with Gasteiger partial charge in [-0.15, -0.1) is 0 Å². The van der Waals surface area contributed by atoms with Crippen molar-refractivity contribution in [1.82, 2.24) is 0 Å². The van der Waals surface area contributed by atoms with Gasteiger partial charge in [-0.25, -0.2) is 0 Å². The standard InChI is InChI=1S/C21H22BrNO4/c1-27-20-13-14(12-18(22)21(20)26)2-7-19(25)15-3-5-16(6-4-15)23-10-8-17(24)9-11-23/h2-7,12-13,17,24,26H,8-11H2,1H3/b7-2+. The molecule has 6 heteroatoms. The number of aliphatic hydroxyl groups is 1. The molecular formula is C21H22BrNO4. The van der Waals surface area contributed by atoms with Crippen LogP contribution in [0, 0.1) is 0 Å². The number of hydrogen-bond donors (Lipinski definition) is 2. The molecular weight excluding hydrogens is 410 g/mol. The maximum absolute atomic E-state index is 12.4. The Morgan fingerprint density at radius 1 is 1.22 bits per heavy atom. The Hall–Kier alpha value is -2.31. The second kappa shape index (κ2) is 8.59. The molecule has 0 radical (unpaired) electrons. The first-order chi connectivity index (χ1) is 13.0. The van der Waals surface area contributed by atoms with Crippen LogP contribution in [0.25, 0.3) is 6.08 Å². The average molecular weight is 432 g/mol. The van der Waals surface area contributed by atoms with Crippen molar-refractivity contribution in [2.45, 2.75) is 18.9 Å². The number of ether oxygens (including phenoxy) is 1. The van der Waals surface area contributed by atoms with Crippen LogP contribution in [0.15, 0.2) is 46.9 Å². The monoisotopic (exact) mass is 431 g/mol. The van der Waals surface area contributed by atoms with Crippen molar-refractivity contribution in [2.75, 3.05) is 25.1 Å². The van der Waals surface area contributed by atoms with E-state index >= 15 is 0 Å². The van der Waals surface area contributed by atoms with E-state index in [1.54, 1.807) is 18.2 Å². The molecule has 0 aromatic heterocycles. The summed E-state index contributed by atoms with van der Waals surface area (Å²) in [7, 11) is 1.48. The van der Waals surface area contributed by atoms with E-state index < -0.39 is 0 Å². The van der Waals surface area contributed by atoms with Crippen molar-refractivity contribution in [2.24, 2.45) is 0 Å². The van der Waals surface area contributed by atoms with E-state index in [4.69, 9.17) is 4.74 Å². The molecule has 0 amide bonds. The van der Waals surface area contributed by atoms with E-state index in [-0.39, 0.29) is 17.6 Å². The molecule has 1 saturated heterocycles. The van der Waals surface area contributed by atoms with Crippen LogP contribution in [0.3, 0.4) is 0 Å². The molecule has 0 saturated carbocycles. The minimum atomic E-state index is -0.203. The number of halogens is 1. The average Bonchev–Trinajstić information content (AvgIpc) is 2.69. The number of aromatic hydroxyl groups is 1. The van der Waals surface area contributed by atoms with Crippen LogP contribution in [0.4, 0.5) is 5.69 Å². The van der Waals surface area contributed by atoms with Gasteiger partial charge in [0.05, 0.1) is 17.7 Å². The minimum absolute atomic E-state index is 0.0294. The van der Waals surface area contributed by atoms with E-state index in [0.29, 0.717) is 15.8 Å². The van der Waals surface area contributed by atoms with Crippen molar-refractivity contribution in [3.05, 3.63) is 58.1 Å². The van der Waals surface area contributed by atoms with Gasteiger partial charge in [0.1, 0.15) is 0 Å². The van der Waals surface area contributed by atoms with E-state index in [9.17, 15) is 15.0 Å². The number of carbonyl (C=O) groups is 1. The summed E-state index contributed by atoms with van der Waals surface area (Å²) in [5, 5.41) is 19.5. The Labute approximate surface area is 167 Å². The van der Waals surface area contributed by atoms with Crippen molar-refractivity contribution in [3.8, 4) is 11.5 Å². The van der Waals surface area contributed by atoms with Gasteiger partial charge in [-0.1, -0.05) is 6.08 Å². The van der Waals surface area contributed by atoms with Crippen molar-refractivity contribution in [3.63, 3.8) is 0 Å². The third kappa shape index (κ3) is 4.70. The molecule has 2 aromatic rings. The predicted octanol–water partition coefficient (Wildman–Crippen LogP) is 4.02. The number of benzene rings is 2. The van der Waals surface area contributed by atoms with Crippen molar-refractivity contribution in [1.29, 1.82) is 0 Å². The number of rotatable bonds is 5. The number of phenols is 1. The van der Waals surface area contributed by atoms with Crippen LogP contribution in [-0.2, 0) is 0 Å². The number of aliphatic hydroxyl groups excluding tert-OH is 1. The van der Waals surface area contributed by atoms with Crippen molar-refractivity contribution >= 4 is 33.5 Å². The quantitative estimate of drug-likeness (QED) is 0.552. The van der Waals surface area contributed by atoms with E-state index in [2.05, 4.69) is 20.8 Å². The molecule has 1 fully saturated rings. The Morgan fingerprint density at radius 2 is 1.89 bits per heavy atom. The Bertz CT molecular complexity index is 840. The lowest BCUT2D eigenvalue weighted by Crippen LogP contribution is -2.35. The molecule has 0 unspecified atom stereocenters. The van der Waals surface area contributed by atoms with Gasteiger partial charge in [-0.05, 0) is 76.8 Å². The summed E-state index contributed by atoms with van der Waals surface area (Å²) in [6, 6.07) is 10.9. The molecule has 5 nitrogen and oxygen atoms in total. The molecule has 3 rings (SSSR count). The predicted molar refractivity (Wildman–Crippen MR) is 110 cm³/mol. The lowest BCUT2D eigenvalue weighted by Gasteiger charge is -2.31. The number of carbonyl (C=O) groups excluding carboxylic acids is 1. The first-order valence-corrected chi connectivity index (χ1v) is 9.59. The molecule has 142 valence electrons. The maximum atomic E-state index is 12.4. The SMILES string of the molecule is COc1cc(/C=C/C(=O)c2ccc(N3CCC(O)CC3)cc2)cc(Br)c1O. The molecule has 0 atom stereocenters. The van der Waals surface area contributed by atoms with Gasteiger partial charge in [-0.2, -0.15) is 0 Å². The number of nitrogens with zero attached hydrogens (tertiary/aromatic N) is 1. The van der Waals surface area contributed by atoms with Gasteiger partial charge in [-0.3, -0.25) is 4.79 Å². The number of anilines is 1. The zero-order valence-corrected chi connectivity index (χ0v) is 16.6. The molecule has 0 spiro atoms. The van der Waals surface area contributed by atoms with Gasteiger partial charge >= 0.3 is 0 Å². The number of hydrogen-bond acceptors (Lipinski definition) is 5. The highest BCUT2D eigenvalue weighted by molar-refractivity contribution is 9.10. The third-order valence-corrected chi connectivity index (χ3v) is 5.28. The van der Waals surface area contributed by atoms with Crippen LogP contribution >= 0.6 is 15.9 Å². The van der Waals surface area contributed by atoms with Gasteiger partial charge in [0.25, 0.3) is 0 Å². The van der Waals surface area contributed by atoms with E-state index in [1.165, 1.54) is 13.2 Å². The molecule has 0 bridgehead atoms. The second-order valence-electron chi connectivity index (χ2n) is 6.52. The summed E-state index contributed by atoms with van der Waals surface area (Å²) in [4.78, 5) is 14.6. The topological polar surface area (TPSA) is 70.0 Å². The highest BCUT2D eigenvalue weighted by atomic mass is 79.9. The van der Waals surface area contributed by atoms with Gasteiger partial charge < -0.3 is 19.8 Å². The number of ketones is 1. The highest BCUT2D eigenvalue weighted by Gasteiger charge is 2.17. The van der Waals surface area contributed by atoms with Gasteiger partial charge in [0, 0.05) is 24.3 Å². The minimum Gasteiger partial charge on any atom is -0.503 e. The lowest BCUT2D eigenvalue weighted by molar-refractivity contribution is 0.104. The molecule has 1 heterocycles. The zero-order chi connectivity index (χ0) is 19.4. The molecule has 2 aromatic carbocycles. The summed E-state index contributed by atoms with van der Waals surface area (Å²) in [5.41, 5.74) is 2.42.